The molecular weight excluding hydrogens is 262 g/mol. The molecule has 1 saturated heterocycles. The van der Waals surface area contributed by atoms with Crippen molar-refractivity contribution in [1.82, 2.24) is 4.31 Å². The second kappa shape index (κ2) is 5.41. The normalized spacial score (nSPS) is 26.3. The van der Waals surface area contributed by atoms with Gasteiger partial charge < -0.3 is 5.11 Å². The first-order valence-electron chi connectivity index (χ1n) is 5.27. The molecule has 0 aromatic heterocycles. The molecule has 0 aliphatic carbocycles. The zero-order chi connectivity index (χ0) is 13.2. The fraction of sp³-hybridized carbons (Fsp3) is 0.700. The number of hydrogen-bond acceptors (Lipinski definition) is 4. The SMILES string of the molecule is C=CCS(=O)(=O)N1C(C(=O)O)CSC1C(C)C. The van der Waals surface area contributed by atoms with Gasteiger partial charge >= 0.3 is 5.97 Å². The lowest BCUT2D eigenvalue weighted by molar-refractivity contribution is -0.140. The summed E-state index contributed by atoms with van der Waals surface area (Å²) >= 11 is 1.38. The first kappa shape index (κ1) is 14.5. The molecule has 1 aliphatic heterocycles. The van der Waals surface area contributed by atoms with Gasteiger partial charge in [0.05, 0.1) is 11.1 Å². The lowest BCUT2D eigenvalue weighted by atomic mass is 10.2. The van der Waals surface area contributed by atoms with Crippen LogP contribution in [0.25, 0.3) is 0 Å². The molecule has 17 heavy (non-hydrogen) atoms. The zero-order valence-electron chi connectivity index (χ0n) is 9.87. The van der Waals surface area contributed by atoms with Crippen molar-refractivity contribution in [1.29, 1.82) is 0 Å². The summed E-state index contributed by atoms with van der Waals surface area (Å²) < 4.78 is 25.2. The van der Waals surface area contributed by atoms with Crippen LogP contribution in [-0.4, -0.2) is 46.7 Å². The smallest absolute Gasteiger partial charge is 0.322 e. The molecule has 1 heterocycles. The fourth-order valence-corrected chi connectivity index (χ4v) is 5.38. The average Bonchev–Trinajstić information content (AvgIpc) is 2.61. The van der Waals surface area contributed by atoms with Crippen LogP contribution in [-0.2, 0) is 14.8 Å². The fourth-order valence-electron chi connectivity index (χ4n) is 1.77. The average molecular weight is 279 g/mol. The Labute approximate surface area is 106 Å². The quantitative estimate of drug-likeness (QED) is 0.760. The molecule has 2 atom stereocenters. The van der Waals surface area contributed by atoms with E-state index in [0.29, 0.717) is 5.75 Å². The highest BCUT2D eigenvalue weighted by Crippen LogP contribution is 2.36. The Morgan fingerprint density at radius 3 is 2.65 bits per heavy atom. The van der Waals surface area contributed by atoms with E-state index in [0.717, 1.165) is 4.31 Å². The maximum Gasteiger partial charge on any atom is 0.322 e. The maximum atomic E-state index is 12.0. The van der Waals surface area contributed by atoms with Crippen LogP contribution in [0.2, 0.25) is 0 Å². The molecule has 7 heteroatoms. The van der Waals surface area contributed by atoms with E-state index < -0.39 is 22.0 Å². The first-order valence-corrected chi connectivity index (χ1v) is 7.93. The standard InChI is InChI=1S/C10H17NO4S2/c1-4-5-17(14,15)11-8(10(12)13)6-16-9(11)7(2)3/h4,7-9H,1,5-6H2,2-3H3,(H,12,13). The molecule has 1 aliphatic rings. The van der Waals surface area contributed by atoms with Crippen LogP contribution >= 0.6 is 11.8 Å². The Hall–Kier alpha value is -0.530. The summed E-state index contributed by atoms with van der Waals surface area (Å²) in [7, 11) is -3.58. The van der Waals surface area contributed by atoms with Gasteiger partial charge in [0, 0.05) is 5.75 Å². The van der Waals surface area contributed by atoms with Gasteiger partial charge in [0.2, 0.25) is 10.0 Å². The zero-order valence-corrected chi connectivity index (χ0v) is 11.5. The number of hydrogen-bond donors (Lipinski definition) is 1. The van der Waals surface area contributed by atoms with Crippen molar-refractivity contribution in [3.8, 4) is 0 Å². The lowest BCUT2D eigenvalue weighted by Crippen LogP contribution is -2.47. The van der Waals surface area contributed by atoms with Gasteiger partial charge in [-0.3, -0.25) is 4.79 Å². The van der Waals surface area contributed by atoms with Crippen LogP contribution in [0.4, 0.5) is 0 Å². The minimum atomic E-state index is -3.58. The van der Waals surface area contributed by atoms with Gasteiger partial charge in [0.15, 0.2) is 0 Å². The molecule has 2 unspecified atom stereocenters. The first-order chi connectivity index (χ1) is 7.81. The highest BCUT2D eigenvalue weighted by atomic mass is 32.2. The van der Waals surface area contributed by atoms with E-state index in [-0.39, 0.29) is 17.0 Å². The van der Waals surface area contributed by atoms with Gasteiger partial charge in [-0.1, -0.05) is 19.9 Å². The van der Waals surface area contributed by atoms with Gasteiger partial charge in [0.25, 0.3) is 0 Å². The summed E-state index contributed by atoms with van der Waals surface area (Å²) in [6.07, 6.45) is 1.29. The van der Waals surface area contributed by atoms with E-state index in [1.165, 1.54) is 17.8 Å². The van der Waals surface area contributed by atoms with Gasteiger partial charge in [-0.05, 0) is 5.92 Å². The van der Waals surface area contributed by atoms with Gasteiger partial charge in [-0.2, -0.15) is 4.31 Å². The van der Waals surface area contributed by atoms with E-state index in [1.807, 2.05) is 13.8 Å². The number of carboxylic acid groups (broad SMARTS) is 1. The minimum absolute atomic E-state index is 0.0731. The summed E-state index contributed by atoms with van der Waals surface area (Å²) in [5, 5.41) is 8.76. The van der Waals surface area contributed by atoms with E-state index in [9.17, 15) is 13.2 Å². The van der Waals surface area contributed by atoms with Crippen molar-refractivity contribution in [3.05, 3.63) is 12.7 Å². The molecule has 0 spiro atoms. The summed E-state index contributed by atoms with van der Waals surface area (Å²) in [6.45, 7) is 7.17. The van der Waals surface area contributed by atoms with Crippen molar-refractivity contribution in [2.45, 2.75) is 25.3 Å². The van der Waals surface area contributed by atoms with Gasteiger partial charge in [-0.15, -0.1) is 18.3 Å². The van der Waals surface area contributed by atoms with Crippen LogP contribution in [0, 0.1) is 5.92 Å². The summed E-state index contributed by atoms with van der Waals surface area (Å²) in [6, 6.07) is -0.961. The van der Waals surface area contributed by atoms with Crippen molar-refractivity contribution in [2.75, 3.05) is 11.5 Å². The molecule has 0 bridgehead atoms. The Kier molecular flexibility index (Phi) is 4.62. The Bertz CT molecular complexity index is 405. The molecule has 0 radical (unpaired) electrons. The predicted molar refractivity (Wildman–Crippen MR) is 68.3 cm³/mol. The third kappa shape index (κ3) is 3.02. The molecule has 1 fully saturated rings. The number of sulfonamides is 1. The van der Waals surface area contributed by atoms with Crippen LogP contribution in [0.5, 0.6) is 0 Å². The van der Waals surface area contributed by atoms with E-state index in [4.69, 9.17) is 5.11 Å². The maximum absolute atomic E-state index is 12.0. The molecule has 5 nitrogen and oxygen atoms in total. The molecule has 0 aromatic carbocycles. The van der Waals surface area contributed by atoms with Crippen molar-refractivity contribution in [3.63, 3.8) is 0 Å². The number of rotatable bonds is 5. The van der Waals surface area contributed by atoms with E-state index >= 15 is 0 Å². The van der Waals surface area contributed by atoms with Gasteiger partial charge in [-0.25, -0.2) is 8.42 Å². The van der Waals surface area contributed by atoms with Crippen LogP contribution in [0.3, 0.4) is 0 Å². The van der Waals surface area contributed by atoms with Crippen LogP contribution in [0.1, 0.15) is 13.8 Å². The summed E-state index contributed by atoms with van der Waals surface area (Å²) in [5.41, 5.74) is 0. The topological polar surface area (TPSA) is 74.7 Å². The number of carbonyl (C=O) groups is 1. The number of aliphatic carboxylic acids is 1. The second-order valence-electron chi connectivity index (χ2n) is 4.22. The van der Waals surface area contributed by atoms with E-state index in [2.05, 4.69) is 6.58 Å². The second-order valence-corrected chi connectivity index (χ2v) is 7.29. The molecule has 0 amide bonds. The molecule has 0 saturated carbocycles. The van der Waals surface area contributed by atoms with E-state index in [1.54, 1.807) is 0 Å². The predicted octanol–water partition coefficient (Wildman–Crippen LogP) is 0.986. The van der Waals surface area contributed by atoms with Gasteiger partial charge in [0.1, 0.15) is 6.04 Å². The molecule has 1 rings (SSSR count). The molecule has 98 valence electrons. The van der Waals surface area contributed by atoms with Crippen LogP contribution < -0.4 is 0 Å². The van der Waals surface area contributed by atoms with Crippen molar-refractivity contribution in [2.24, 2.45) is 5.92 Å². The van der Waals surface area contributed by atoms with Crippen molar-refractivity contribution < 1.29 is 18.3 Å². The molecule has 0 aromatic rings. The number of nitrogens with zero attached hydrogens (tertiary/aromatic N) is 1. The molecule has 1 N–H and O–H groups in total. The summed E-state index contributed by atoms with van der Waals surface area (Å²) in [5.74, 6) is -0.938. The van der Waals surface area contributed by atoms with Crippen LogP contribution in [0.15, 0.2) is 12.7 Å². The largest absolute Gasteiger partial charge is 0.480 e. The van der Waals surface area contributed by atoms with Crippen molar-refractivity contribution >= 4 is 27.8 Å². The highest BCUT2D eigenvalue weighted by molar-refractivity contribution is 8.01. The number of thioether (sulfide) groups is 1. The monoisotopic (exact) mass is 279 g/mol. The highest BCUT2D eigenvalue weighted by Gasteiger charge is 2.46. The summed E-state index contributed by atoms with van der Waals surface area (Å²) in [4.78, 5) is 11.1. The Morgan fingerprint density at radius 1 is 1.65 bits per heavy atom. The molecular formula is C10H17NO4S2. The Balaban J connectivity index is 3.09. The lowest BCUT2D eigenvalue weighted by Gasteiger charge is -2.28. The third-order valence-corrected chi connectivity index (χ3v) is 6.02. The third-order valence-electron chi connectivity index (χ3n) is 2.49. The minimum Gasteiger partial charge on any atom is -0.480 e. The Morgan fingerprint density at radius 2 is 2.24 bits per heavy atom. The number of carboxylic acids is 1.